The van der Waals surface area contributed by atoms with Gasteiger partial charge < -0.3 is 15.5 Å². The van der Waals surface area contributed by atoms with Crippen LogP contribution < -0.4 is 15.5 Å². The lowest BCUT2D eigenvalue weighted by molar-refractivity contribution is -0.131. The van der Waals surface area contributed by atoms with Gasteiger partial charge in [-0.2, -0.15) is 0 Å². The minimum Gasteiger partial charge on any atom is -0.369 e. The third kappa shape index (κ3) is 4.75. The van der Waals surface area contributed by atoms with Crippen molar-refractivity contribution in [3.05, 3.63) is 102 Å². The second-order valence-corrected chi connectivity index (χ2v) is 9.83. The zero-order valence-electron chi connectivity index (χ0n) is 21.5. The fourth-order valence-electron chi connectivity index (χ4n) is 5.17. The second-order valence-electron chi connectivity index (χ2n) is 9.83. The van der Waals surface area contributed by atoms with E-state index in [1.54, 1.807) is 41.2 Å². The van der Waals surface area contributed by atoms with Gasteiger partial charge in [0.15, 0.2) is 0 Å². The van der Waals surface area contributed by atoms with Gasteiger partial charge in [0.1, 0.15) is 0 Å². The van der Waals surface area contributed by atoms with Crippen LogP contribution in [0.15, 0.2) is 85.2 Å². The molecule has 3 aromatic carbocycles. The number of primary amides is 1. The van der Waals surface area contributed by atoms with Crippen LogP contribution in [0.2, 0.25) is 0 Å². The average molecular weight is 507 g/mol. The van der Waals surface area contributed by atoms with Gasteiger partial charge in [-0.05, 0) is 58.7 Å². The van der Waals surface area contributed by atoms with Gasteiger partial charge in [0.05, 0.1) is 30.3 Å². The van der Waals surface area contributed by atoms with E-state index < -0.39 is 17.7 Å². The van der Waals surface area contributed by atoms with E-state index in [-0.39, 0.29) is 24.8 Å². The van der Waals surface area contributed by atoms with Gasteiger partial charge in [0.2, 0.25) is 17.7 Å². The van der Waals surface area contributed by atoms with Gasteiger partial charge in [-0.1, -0.05) is 55.5 Å². The molecule has 0 radical (unpaired) electrons. The van der Waals surface area contributed by atoms with Gasteiger partial charge in [-0.15, -0.1) is 0 Å². The number of nitrogens with two attached hydrogens (primary N) is 1. The fourth-order valence-corrected chi connectivity index (χ4v) is 5.17. The lowest BCUT2D eigenvalue weighted by Crippen LogP contribution is -2.45. The standard InChI is InChI=1S/C31H30N4O3/c1-20-11-12-23-7-3-4-8-24(23)25(20)18-35-28-10-6-5-9-27(28)34(19-26(31(35)38)21(2)30(32)37)29(36)17-22-13-15-33-16-14-22/h3-16,21,26H,17-19H2,1-2H3,(H2,32,37)/t21?,26-/m1/s1. The van der Waals surface area contributed by atoms with Crippen LogP contribution in [0.5, 0.6) is 0 Å². The number of anilines is 2. The van der Waals surface area contributed by atoms with Crippen LogP contribution in [-0.4, -0.2) is 29.3 Å². The number of hydrogen-bond acceptors (Lipinski definition) is 4. The Labute approximate surface area is 221 Å². The number of rotatable bonds is 6. The Bertz CT molecular complexity index is 1520. The van der Waals surface area contributed by atoms with E-state index in [9.17, 15) is 14.4 Å². The Hall–Kier alpha value is -4.52. The third-order valence-electron chi connectivity index (χ3n) is 7.47. The van der Waals surface area contributed by atoms with Crippen molar-refractivity contribution >= 4 is 39.9 Å². The molecular weight excluding hydrogens is 476 g/mol. The van der Waals surface area contributed by atoms with E-state index in [1.165, 1.54) is 0 Å². The summed E-state index contributed by atoms with van der Waals surface area (Å²) in [6, 6.07) is 23.2. The van der Waals surface area contributed by atoms with E-state index in [1.807, 2.05) is 49.4 Å². The summed E-state index contributed by atoms with van der Waals surface area (Å²) in [6.45, 7) is 4.06. The van der Waals surface area contributed by atoms with E-state index in [4.69, 9.17) is 5.73 Å². The Kier molecular flexibility index (Phi) is 6.92. The number of pyridine rings is 1. The lowest BCUT2D eigenvalue weighted by Gasteiger charge is -2.28. The third-order valence-corrected chi connectivity index (χ3v) is 7.47. The second kappa shape index (κ2) is 10.5. The molecule has 1 unspecified atom stereocenters. The van der Waals surface area contributed by atoms with Crippen molar-refractivity contribution in [3.8, 4) is 0 Å². The summed E-state index contributed by atoms with van der Waals surface area (Å²) in [5.41, 5.74) is 9.87. The first-order chi connectivity index (χ1) is 18.3. The van der Waals surface area contributed by atoms with Crippen LogP contribution in [0.25, 0.3) is 10.8 Å². The molecular formula is C31H30N4O3. The molecule has 38 heavy (non-hydrogen) atoms. The normalized spacial score (nSPS) is 16.2. The molecule has 1 aliphatic heterocycles. The van der Waals surface area contributed by atoms with Crippen LogP contribution in [0.3, 0.4) is 0 Å². The number of hydrogen-bond donors (Lipinski definition) is 1. The van der Waals surface area contributed by atoms with Gasteiger partial charge >= 0.3 is 0 Å². The van der Waals surface area contributed by atoms with Crippen LogP contribution >= 0.6 is 0 Å². The summed E-state index contributed by atoms with van der Waals surface area (Å²) in [6.07, 6.45) is 3.44. The first kappa shape index (κ1) is 25.1. The van der Waals surface area contributed by atoms with Gasteiger partial charge in [-0.3, -0.25) is 19.4 Å². The van der Waals surface area contributed by atoms with E-state index in [0.717, 1.165) is 27.5 Å². The maximum atomic E-state index is 14.2. The van der Waals surface area contributed by atoms with Crippen molar-refractivity contribution in [2.24, 2.45) is 17.6 Å². The Morgan fingerprint density at radius 3 is 2.39 bits per heavy atom. The molecule has 192 valence electrons. The Morgan fingerprint density at radius 1 is 0.974 bits per heavy atom. The van der Waals surface area contributed by atoms with Crippen molar-refractivity contribution in [3.63, 3.8) is 0 Å². The molecule has 0 bridgehead atoms. The minimum absolute atomic E-state index is 0.0644. The highest BCUT2D eigenvalue weighted by Gasteiger charge is 2.40. The Morgan fingerprint density at radius 2 is 1.66 bits per heavy atom. The molecule has 4 aromatic rings. The fraction of sp³-hybridized carbons (Fsp3) is 0.226. The van der Waals surface area contributed by atoms with E-state index >= 15 is 0 Å². The molecule has 5 rings (SSSR count). The van der Waals surface area contributed by atoms with Crippen LogP contribution in [0.1, 0.15) is 23.6 Å². The molecule has 7 nitrogen and oxygen atoms in total. The smallest absolute Gasteiger partial charge is 0.233 e. The molecule has 3 amide bonds. The van der Waals surface area contributed by atoms with Crippen LogP contribution in [-0.2, 0) is 27.3 Å². The number of carbonyl (C=O) groups excluding carboxylic acids is 3. The predicted molar refractivity (Wildman–Crippen MR) is 148 cm³/mol. The van der Waals surface area contributed by atoms with Crippen molar-refractivity contribution in [2.75, 3.05) is 16.3 Å². The van der Waals surface area contributed by atoms with Gasteiger partial charge in [0, 0.05) is 24.9 Å². The number of amides is 3. The van der Waals surface area contributed by atoms with Crippen molar-refractivity contribution in [1.29, 1.82) is 0 Å². The summed E-state index contributed by atoms with van der Waals surface area (Å²) in [4.78, 5) is 47.6. The largest absolute Gasteiger partial charge is 0.369 e. The highest BCUT2D eigenvalue weighted by Crippen LogP contribution is 2.38. The first-order valence-electron chi connectivity index (χ1n) is 12.7. The number of benzene rings is 3. The molecule has 2 atom stereocenters. The number of nitrogens with zero attached hydrogens (tertiary/aromatic N) is 3. The number of carbonyl (C=O) groups is 3. The summed E-state index contributed by atoms with van der Waals surface area (Å²) < 4.78 is 0. The maximum absolute atomic E-state index is 14.2. The van der Waals surface area contributed by atoms with Crippen LogP contribution in [0.4, 0.5) is 11.4 Å². The molecule has 0 saturated heterocycles. The van der Waals surface area contributed by atoms with Gasteiger partial charge in [0.25, 0.3) is 0 Å². The topological polar surface area (TPSA) is 96.6 Å². The number of fused-ring (bicyclic) bond motifs is 2. The number of aryl methyl sites for hydroxylation is 1. The van der Waals surface area contributed by atoms with Crippen LogP contribution in [0, 0.1) is 18.8 Å². The number of aromatic nitrogens is 1. The van der Waals surface area contributed by atoms with Crippen molar-refractivity contribution in [1.82, 2.24) is 4.98 Å². The quantitative estimate of drug-likeness (QED) is 0.419. The molecule has 0 saturated carbocycles. The monoisotopic (exact) mass is 506 g/mol. The zero-order chi connectivity index (χ0) is 26.8. The maximum Gasteiger partial charge on any atom is 0.233 e. The molecule has 1 aromatic heterocycles. The highest BCUT2D eigenvalue weighted by atomic mass is 16.2. The molecule has 1 aliphatic rings. The summed E-state index contributed by atoms with van der Waals surface area (Å²) in [5, 5.41) is 2.15. The van der Waals surface area contributed by atoms with Crippen molar-refractivity contribution < 1.29 is 14.4 Å². The summed E-state index contributed by atoms with van der Waals surface area (Å²) >= 11 is 0. The molecule has 2 heterocycles. The molecule has 0 spiro atoms. The number of para-hydroxylation sites is 2. The summed E-state index contributed by atoms with van der Waals surface area (Å²) in [5.74, 6) is -2.52. The zero-order valence-corrected chi connectivity index (χ0v) is 21.5. The first-order valence-corrected chi connectivity index (χ1v) is 12.7. The highest BCUT2D eigenvalue weighted by molar-refractivity contribution is 6.07. The Balaban J connectivity index is 1.63. The molecule has 0 aliphatic carbocycles. The average Bonchev–Trinajstić information content (AvgIpc) is 3.05. The lowest BCUT2D eigenvalue weighted by atomic mass is 9.91. The molecule has 2 N–H and O–H groups in total. The molecule has 7 heteroatoms. The van der Waals surface area contributed by atoms with E-state index in [2.05, 4.69) is 23.2 Å². The van der Waals surface area contributed by atoms with Gasteiger partial charge in [-0.25, -0.2) is 0 Å². The predicted octanol–water partition coefficient (Wildman–Crippen LogP) is 4.40. The minimum atomic E-state index is -0.795. The van der Waals surface area contributed by atoms with E-state index in [0.29, 0.717) is 17.9 Å². The molecule has 0 fully saturated rings. The van der Waals surface area contributed by atoms with Crippen molar-refractivity contribution in [2.45, 2.75) is 26.8 Å². The SMILES string of the molecule is Cc1ccc2ccccc2c1CN1C(=O)[C@@H](C(C)C(N)=O)CN(C(=O)Cc2ccncc2)c2ccccc21. The summed E-state index contributed by atoms with van der Waals surface area (Å²) in [7, 11) is 0.